The molecule has 0 bridgehead atoms. The number of hydrogen-bond donors (Lipinski definition) is 4. The zero-order chi connectivity index (χ0) is 46.5. The van der Waals surface area contributed by atoms with Gasteiger partial charge in [-0.05, 0) is 125 Å². The molecule has 14 nitrogen and oxygen atoms in total. The number of alkyl halides is 6. The fraction of sp³-hybridized carbons (Fsp3) is 0.429. The van der Waals surface area contributed by atoms with Crippen LogP contribution in [-0.2, 0) is 9.47 Å². The second kappa shape index (κ2) is 19.4. The molecule has 0 spiro atoms. The van der Waals surface area contributed by atoms with Gasteiger partial charge in [-0.2, -0.15) is 0 Å². The van der Waals surface area contributed by atoms with Crippen LogP contribution in [0.15, 0.2) is 66.9 Å². The molecule has 63 heavy (non-hydrogen) atoms. The highest BCUT2D eigenvalue weighted by molar-refractivity contribution is 14.1. The second-order valence-electron chi connectivity index (χ2n) is 16.4. The van der Waals surface area contributed by atoms with Crippen LogP contribution < -0.4 is 30.7 Å². The van der Waals surface area contributed by atoms with E-state index < -0.39 is 36.1 Å². The summed E-state index contributed by atoms with van der Waals surface area (Å²) < 4.78 is 98.1. The Morgan fingerprint density at radius 3 is 1.68 bits per heavy atom. The van der Waals surface area contributed by atoms with E-state index in [0.29, 0.717) is 76.4 Å². The summed E-state index contributed by atoms with van der Waals surface area (Å²) in [4.78, 5) is 48.4. The molecule has 2 aliphatic rings. The van der Waals surface area contributed by atoms with Gasteiger partial charge in [-0.15, -0.1) is 26.3 Å². The van der Waals surface area contributed by atoms with Gasteiger partial charge in [-0.3, -0.25) is 9.59 Å². The minimum Gasteiger partial charge on any atom is -0.444 e. The number of nitrogens with one attached hydrogen (secondary N) is 4. The summed E-state index contributed by atoms with van der Waals surface area (Å²) in [5.74, 6) is -1.22. The number of carbonyl (C=O) groups excluding carboxylic acids is 4. The molecule has 0 fully saturated rings. The average Bonchev–Trinajstić information content (AvgIpc) is 3.75. The summed E-state index contributed by atoms with van der Waals surface area (Å²) in [5.41, 5.74) is 1.78. The van der Waals surface area contributed by atoms with E-state index in [0.717, 1.165) is 0 Å². The van der Waals surface area contributed by atoms with E-state index in [-0.39, 0.29) is 35.4 Å². The smallest absolute Gasteiger partial charge is 0.444 e. The Morgan fingerprint density at radius 2 is 1.16 bits per heavy atom. The van der Waals surface area contributed by atoms with Crippen molar-refractivity contribution in [3.8, 4) is 33.8 Å². The molecule has 4 N–H and O–H groups in total. The van der Waals surface area contributed by atoms with Crippen molar-refractivity contribution in [2.45, 2.75) is 90.4 Å². The molecular weight excluding hydrogens is 957 g/mol. The molecule has 6 rings (SSSR count). The average molecular weight is 1000 g/mol. The van der Waals surface area contributed by atoms with Crippen LogP contribution in [0.25, 0.3) is 22.3 Å². The lowest BCUT2D eigenvalue weighted by molar-refractivity contribution is -0.275. The molecule has 0 saturated heterocycles. The number of amides is 4. The van der Waals surface area contributed by atoms with E-state index in [1.165, 1.54) is 36.4 Å². The summed E-state index contributed by atoms with van der Waals surface area (Å²) in [6.45, 7) is 12.0. The van der Waals surface area contributed by atoms with Crippen LogP contribution in [0.2, 0.25) is 0 Å². The van der Waals surface area contributed by atoms with Crippen LogP contribution in [0.5, 0.6) is 11.5 Å². The minimum atomic E-state index is -4.79. The highest BCUT2D eigenvalue weighted by Gasteiger charge is 2.34. The van der Waals surface area contributed by atoms with Crippen LogP contribution in [0.1, 0.15) is 87.4 Å². The Morgan fingerprint density at radius 1 is 0.683 bits per heavy atom. The number of benzene rings is 2. The number of fused-ring (bicyclic) bond motifs is 2. The molecule has 342 valence electrons. The van der Waals surface area contributed by atoms with Gasteiger partial charge >= 0.3 is 24.9 Å². The Kier molecular flexibility index (Phi) is 14.9. The maximum atomic E-state index is 12.6. The third-order valence-electron chi connectivity index (χ3n) is 9.11. The highest BCUT2D eigenvalue weighted by Crippen LogP contribution is 2.36. The molecule has 2 atom stereocenters. The molecular formula is C42H47F6IN6O8. The van der Waals surface area contributed by atoms with Gasteiger partial charge < -0.3 is 49.3 Å². The molecule has 2 aliphatic heterocycles. The van der Waals surface area contributed by atoms with E-state index in [4.69, 9.17) is 9.47 Å². The van der Waals surface area contributed by atoms with Crippen molar-refractivity contribution in [3.05, 3.63) is 81.9 Å². The lowest BCUT2D eigenvalue weighted by atomic mass is 10.1. The summed E-state index contributed by atoms with van der Waals surface area (Å²) in [6, 6.07) is 14.2. The fourth-order valence-electron chi connectivity index (χ4n) is 6.66. The molecule has 0 aliphatic carbocycles. The van der Waals surface area contributed by atoms with Gasteiger partial charge in [-0.1, -0.05) is 24.3 Å². The summed E-state index contributed by atoms with van der Waals surface area (Å²) >= 11 is 2.08. The van der Waals surface area contributed by atoms with Crippen LogP contribution in [0, 0.1) is 3.70 Å². The number of hydrogen-bond acceptors (Lipinski definition) is 8. The summed E-state index contributed by atoms with van der Waals surface area (Å²) in [7, 11) is 0. The largest absolute Gasteiger partial charge is 0.573 e. The highest BCUT2D eigenvalue weighted by atomic mass is 127. The normalized spacial score (nSPS) is 16.3. The first-order chi connectivity index (χ1) is 29.2. The molecule has 2 aromatic carbocycles. The van der Waals surface area contributed by atoms with Crippen molar-refractivity contribution in [1.82, 2.24) is 30.4 Å². The van der Waals surface area contributed by atoms with E-state index in [2.05, 4.69) is 53.3 Å². The predicted octanol–water partition coefficient (Wildman–Crippen LogP) is 9.11. The number of rotatable bonds is 10. The van der Waals surface area contributed by atoms with Gasteiger partial charge in [0.05, 0.1) is 15.8 Å². The maximum Gasteiger partial charge on any atom is 0.573 e. The first-order valence-electron chi connectivity index (χ1n) is 19.6. The Hall–Kier alpha value is -5.61. The third-order valence-corrected chi connectivity index (χ3v) is 10.2. The van der Waals surface area contributed by atoms with Crippen molar-refractivity contribution < 1.29 is 64.5 Å². The van der Waals surface area contributed by atoms with Crippen molar-refractivity contribution in [2.75, 3.05) is 26.2 Å². The van der Waals surface area contributed by atoms with Gasteiger partial charge in [-0.25, -0.2) is 9.59 Å². The van der Waals surface area contributed by atoms with Crippen molar-refractivity contribution in [3.63, 3.8) is 0 Å². The van der Waals surface area contributed by atoms with Crippen LogP contribution in [0.4, 0.5) is 35.9 Å². The quantitative estimate of drug-likeness (QED) is 0.0904. The lowest BCUT2D eigenvalue weighted by Crippen LogP contribution is -2.41. The zero-order valence-electron chi connectivity index (χ0n) is 35.1. The number of aromatic nitrogens is 2. The third kappa shape index (κ3) is 14.2. The van der Waals surface area contributed by atoms with Crippen LogP contribution in [-0.4, -0.2) is 83.2 Å². The monoisotopic (exact) mass is 1000 g/mol. The SMILES string of the molecule is CC(C)(C)OC(=O)NCCC1CNC(=O)c2cc(-c3cccc(OC(F)(F)F)c3)c(I)n21.CC(C)(C)OC(=O)NCCC1CNC(=O)c2cc(-c3cccc(OC(F)(F)F)c3)cn21. The first-order valence-corrected chi connectivity index (χ1v) is 20.7. The van der Waals surface area contributed by atoms with Gasteiger partial charge in [0, 0.05) is 43.5 Å². The van der Waals surface area contributed by atoms with Crippen LogP contribution in [0.3, 0.4) is 0 Å². The molecule has 2 aromatic heterocycles. The number of alkyl carbamates (subject to hydrolysis) is 2. The Balaban J connectivity index is 0.000000238. The van der Waals surface area contributed by atoms with Crippen molar-refractivity contribution in [1.29, 1.82) is 0 Å². The zero-order valence-corrected chi connectivity index (χ0v) is 37.2. The molecule has 2 unspecified atom stereocenters. The molecule has 21 heteroatoms. The van der Waals surface area contributed by atoms with E-state index in [1.54, 1.807) is 76.6 Å². The first kappa shape index (κ1) is 48.4. The Labute approximate surface area is 372 Å². The predicted molar refractivity (Wildman–Crippen MR) is 226 cm³/mol. The van der Waals surface area contributed by atoms with Gasteiger partial charge in [0.15, 0.2) is 0 Å². The molecule has 4 aromatic rings. The number of halogens is 7. The van der Waals surface area contributed by atoms with E-state index in [1.807, 2.05) is 4.57 Å². The van der Waals surface area contributed by atoms with Gasteiger partial charge in [0.25, 0.3) is 11.8 Å². The van der Waals surface area contributed by atoms with Gasteiger partial charge in [0.1, 0.15) is 34.1 Å². The fourth-order valence-corrected chi connectivity index (χ4v) is 7.79. The number of carbonyl (C=O) groups is 4. The lowest BCUT2D eigenvalue weighted by Gasteiger charge is -2.28. The van der Waals surface area contributed by atoms with Crippen molar-refractivity contribution >= 4 is 46.6 Å². The van der Waals surface area contributed by atoms with Crippen LogP contribution >= 0.6 is 22.6 Å². The van der Waals surface area contributed by atoms with E-state index in [9.17, 15) is 45.5 Å². The molecule has 4 heterocycles. The molecule has 4 amide bonds. The summed E-state index contributed by atoms with van der Waals surface area (Å²) in [5, 5.41) is 11.0. The van der Waals surface area contributed by atoms with E-state index >= 15 is 0 Å². The topological polar surface area (TPSA) is 163 Å². The minimum absolute atomic E-state index is 0.133. The Bertz CT molecular complexity index is 2300. The van der Waals surface area contributed by atoms with Gasteiger partial charge in [0.2, 0.25) is 0 Å². The maximum absolute atomic E-state index is 12.6. The standard InChI is InChI=1S/C21H23F3IN3O4.C21H24F3N3O4/c1-20(2,3)32-19(30)26-8-7-13-11-27-18(29)16-10-15(17(25)28(13)16)12-5-4-6-14(9-12)31-21(22,23)24;1-20(2,3)31-19(29)25-8-7-15-11-26-18(28)17-10-14(12-27(15)17)13-5-4-6-16(9-13)30-21(22,23)24/h4-6,9-10,13H,7-8,11H2,1-3H3,(H,26,30)(H,27,29);4-6,9-10,12,15H,7-8,11H2,1-3H3,(H,25,29)(H,26,28). The molecule has 0 radical (unpaired) electrons. The van der Waals surface area contributed by atoms with Crippen molar-refractivity contribution in [2.24, 2.45) is 0 Å². The number of nitrogens with zero attached hydrogens (tertiary/aromatic N) is 2. The number of ether oxygens (including phenoxy) is 4. The second-order valence-corrected chi connectivity index (χ2v) is 17.5. The summed E-state index contributed by atoms with van der Waals surface area (Å²) in [6.07, 6.45) is -7.86. The molecule has 0 saturated carbocycles.